The molecule has 1 amide bonds. The number of fused-ring (bicyclic) bond motifs is 1. The molecule has 2 aromatic rings. The van der Waals surface area contributed by atoms with Crippen molar-refractivity contribution in [3.05, 3.63) is 65.5 Å². The molecule has 5 nitrogen and oxygen atoms in total. The zero-order chi connectivity index (χ0) is 16.2. The number of nitrogens with zero attached hydrogens (tertiary/aromatic N) is 1. The Morgan fingerprint density at radius 3 is 2.78 bits per heavy atom. The Morgan fingerprint density at radius 2 is 2.00 bits per heavy atom. The van der Waals surface area contributed by atoms with Gasteiger partial charge in [-0.15, -0.1) is 0 Å². The van der Waals surface area contributed by atoms with Gasteiger partial charge < -0.3 is 10.6 Å². The number of halogens is 1. The number of benzene rings is 2. The second-order valence-electron chi connectivity index (χ2n) is 4.88. The number of carbonyl (C=O) groups excluding carboxylic acids is 1. The first-order chi connectivity index (χ1) is 11.1. The lowest BCUT2D eigenvalue weighted by Crippen LogP contribution is -2.33. The van der Waals surface area contributed by atoms with E-state index in [1.807, 2.05) is 30.3 Å². The molecule has 1 heterocycles. The van der Waals surface area contributed by atoms with E-state index in [-0.39, 0.29) is 10.8 Å². The number of nitrogens with one attached hydrogen (secondary N) is 3. The van der Waals surface area contributed by atoms with E-state index in [0.29, 0.717) is 17.8 Å². The Hall–Kier alpha value is -2.80. The number of anilines is 1. The summed E-state index contributed by atoms with van der Waals surface area (Å²) in [5, 5.41) is 9.86. The van der Waals surface area contributed by atoms with Crippen molar-refractivity contribution in [2.45, 2.75) is 6.54 Å². The van der Waals surface area contributed by atoms with E-state index in [1.165, 1.54) is 18.2 Å². The summed E-state index contributed by atoms with van der Waals surface area (Å²) in [6, 6.07) is 13.8. The van der Waals surface area contributed by atoms with Crippen molar-refractivity contribution >= 4 is 34.6 Å². The molecule has 0 radical (unpaired) electrons. The van der Waals surface area contributed by atoms with Crippen LogP contribution in [0.3, 0.4) is 0 Å². The van der Waals surface area contributed by atoms with Gasteiger partial charge in [0.05, 0.1) is 5.69 Å². The van der Waals surface area contributed by atoms with Gasteiger partial charge in [-0.3, -0.25) is 10.2 Å². The summed E-state index contributed by atoms with van der Waals surface area (Å²) >= 11 is 5.12. The van der Waals surface area contributed by atoms with E-state index < -0.39 is 11.7 Å². The molecule has 0 aromatic heterocycles. The van der Waals surface area contributed by atoms with Crippen LogP contribution in [0.2, 0.25) is 0 Å². The van der Waals surface area contributed by atoms with Gasteiger partial charge >= 0.3 is 0 Å². The molecule has 0 saturated carbocycles. The highest BCUT2D eigenvalue weighted by Crippen LogP contribution is 2.23. The van der Waals surface area contributed by atoms with Crippen LogP contribution in [0.25, 0.3) is 0 Å². The molecule has 0 saturated heterocycles. The third kappa shape index (κ3) is 3.51. The van der Waals surface area contributed by atoms with Crippen LogP contribution in [0, 0.1) is 5.82 Å². The molecule has 0 fully saturated rings. The molecule has 0 spiro atoms. The van der Waals surface area contributed by atoms with Crippen LogP contribution in [-0.2, 0) is 11.3 Å². The predicted molar refractivity (Wildman–Crippen MR) is 90.6 cm³/mol. The summed E-state index contributed by atoms with van der Waals surface area (Å²) in [4.78, 5) is 11.9. The Morgan fingerprint density at radius 1 is 1.22 bits per heavy atom. The molecule has 1 aliphatic heterocycles. The quantitative estimate of drug-likeness (QED) is 0.597. The van der Waals surface area contributed by atoms with E-state index in [9.17, 15) is 9.18 Å². The van der Waals surface area contributed by atoms with Gasteiger partial charge in [0.1, 0.15) is 5.82 Å². The van der Waals surface area contributed by atoms with Crippen LogP contribution in [0.15, 0.2) is 53.6 Å². The third-order valence-corrected chi connectivity index (χ3v) is 3.50. The summed E-state index contributed by atoms with van der Waals surface area (Å²) in [5.74, 6) is -0.832. The fourth-order valence-corrected chi connectivity index (χ4v) is 2.28. The number of hydrogen-bond acceptors (Lipinski definition) is 3. The van der Waals surface area contributed by atoms with E-state index in [1.54, 1.807) is 0 Å². The number of carbonyl (C=O) groups is 1. The van der Waals surface area contributed by atoms with Crippen LogP contribution >= 0.6 is 12.2 Å². The van der Waals surface area contributed by atoms with Crippen molar-refractivity contribution in [1.82, 2.24) is 10.7 Å². The monoisotopic (exact) mass is 328 g/mol. The third-order valence-electron chi connectivity index (χ3n) is 3.27. The SMILES string of the molecule is O=C1Nc2ccc(F)cc2/C1=N/NC(=S)NCc1ccccc1. The molecule has 7 heteroatoms. The van der Waals surface area contributed by atoms with Crippen LogP contribution in [-0.4, -0.2) is 16.7 Å². The van der Waals surface area contributed by atoms with Gasteiger partial charge in [0.2, 0.25) is 0 Å². The number of hydrazone groups is 1. The van der Waals surface area contributed by atoms with Gasteiger partial charge in [-0.2, -0.15) is 5.10 Å². The zero-order valence-electron chi connectivity index (χ0n) is 12.0. The van der Waals surface area contributed by atoms with E-state index >= 15 is 0 Å². The number of thiocarbonyl (C=S) groups is 1. The van der Waals surface area contributed by atoms with Gasteiger partial charge in [-0.05, 0) is 36.0 Å². The number of amides is 1. The number of rotatable bonds is 3. The molecule has 2 aromatic carbocycles. The second kappa shape index (κ2) is 6.53. The van der Waals surface area contributed by atoms with Crippen molar-refractivity contribution < 1.29 is 9.18 Å². The van der Waals surface area contributed by atoms with Crippen molar-refractivity contribution in [1.29, 1.82) is 0 Å². The predicted octanol–water partition coefficient (Wildman–Crippen LogP) is 2.15. The molecule has 3 N–H and O–H groups in total. The summed E-state index contributed by atoms with van der Waals surface area (Å²) in [6.45, 7) is 0.537. The lowest BCUT2D eigenvalue weighted by molar-refractivity contribution is -0.110. The van der Waals surface area contributed by atoms with Gasteiger partial charge in [-0.1, -0.05) is 30.3 Å². The second-order valence-corrected chi connectivity index (χ2v) is 5.29. The maximum absolute atomic E-state index is 13.3. The van der Waals surface area contributed by atoms with E-state index in [2.05, 4.69) is 21.2 Å². The van der Waals surface area contributed by atoms with Gasteiger partial charge in [0, 0.05) is 12.1 Å². The van der Waals surface area contributed by atoms with Gasteiger partial charge in [0.15, 0.2) is 10.8 Å². The number of hydrogen-bond donors (Lipinski definition) is 3. The fourth-order valence-electron chi connectivity index (χ4n) is 2.16. The minimum atomic E-state index is -0.433. The average Bonchev–Trinajstić information content (AvgIpc) is 2.86. The van der Waals surface area contributed by atoms with Gasteiger partial charge in [0.25, 0.3) is 5.91 Å². The largest absolute Gasteiger partial charge is 0.357 e. The normalized spacial score (nSPS) is 14.3. The molecule has 116 valence electrons. The summed E-state index contributed by atoms with van der Waals surface area (Å²) < 4.78 is 13.3. The summed E-state index contributed by atoms with van der Waals surface area (Å²) in [6.07, 6.45) is 0. The molecule has 0 bridgehead atoms. The molecule has 3 rings (SSSR count). The highest BCUT2D eigenvalue weighted by molar-refractivity contribution is 7.80. The van der Waals surface area contributed by atoms with E-state index in [4.69, 9.17) is 12.2 Å². The minimum absolute atomic E-state index is 0.100. The van der Waals surface area contributed by atoms with Crippen molar-refractivity contribution in [2.75, 3.05) is 5.32 Å². The maximum Gasteiger partial charge on any atom is 0.276 e. The molecule has 0 aliphatic carbocycles. The molecule has 0 atom stereocenters. The van der Waals surface area contributed by atoms with Crippen molar-refractivity contribution in [2.24, 2.45) is 5.10 Å². The zero-order valence-corrected chi connectivity index (χ0v) is 12.8. The topological polar surface area (TPSA) is 65.5 Å². The first kappa shape index (κ1) is 15.1. The Labute approximate surface area is 137 Å². The molecule has 1 aliphatic rings. The molecular formula is C16H13FN4OS. The summed E-state index contributed by atoms with van der Waals surface area (Å²) in [5.41, 5.74) is 4.71. The fraction of sp³-hybridized carbons (Fsp3) is 0.0625. The maximum atomic E-state index is 13.3. The first-order valence-corrected chi connectivity index (χ1v) is 7.31. The van der Waals surface area contributed by atoms with Crippen LogP contribution in [0.1, 0.15) is 11.1 Å². The Balaban J connectivity index is 1.65. The van der Waals surface area contributed by atoms with E-state index in [0.717, 1.165) is 5.56 Å². The van der Waals surface area contributed by atoms with Crippen LogP contribution < -0.4 is 16.1 Å². The van der Waals surface area contributed by atoms with Crippen LogP contribution in [0.5, 0.6) is 0 Å². The molecule has 23 heavy (non-hydrogen) atoms. The Kier molecular flexibility index (Phi) is 4.29. The minimum Gasteiger partial charge on any atom is -0.357 e. The smallest absolute Gasteiger partial charge is 0.276 e. The van der Waals surface area contributed by atoms with Crippen molar-refractivity contribution in [3.8, 4) is 0 Å². The first-order valence-electron chi connectivity index (χ1n) is 6.90. The van der Waals surface area contributed by atoms with Gasteiger partial charge in [-0.25, -0.2) is 4.39 Å². The highest BCUT2D eigenvalue weighted by atomic mass is 32.1. The Bertz CT molecular complexity index is 792. The lowest BCUT2D eigenvalue weighted by Gasteiger charge is -2.07. The van der Waals surface area contributed by atoms with Crippen molar-refractivity contribution in [3.63, 3.8) is 0 Å². The highest BCUT2D eigenvalue weighted by Gasteiger charge is 2.26. The lowest BCUT2D eigenvalue weighted by atomic mass is 10.1. The standard InChI is InChI=1S/C16H13FN4OS/c17-11-6-7-13-12(8-11)14(15(22)19-13)20-21-16(23)18-9-10-4-2-1-3-5-10/h1-8H,9H2,(H2,18,21,23)(H,19,20,22). The van der Waals surface area contributed by atoms with Crippen LogP contribution in [0.4, 0.5) is 10.1 Å². The molecular weight excluding hydrogens is 315 g/mol. The summed E-state index contributed by atoms with van der Waals surface area (Å²) in [7, 11) is 0. The molecule has 0 unspecified atom stereocenters. The average molecular weight is 328 g/mol.